The predicted molar refractivity (Wildman–Crippen MR) is 56.0 cm³/mol. The number of nitrogens with zero attached hydrogens (tertiary/aromatic N) is 2. The molecule has 4 nitrogen and oxygen atoms in total. The number of piperazine rings is 2. The molecule has 3 rings (SSSR count). The molecule has 2 N–H and O–H groups in total. The Morgan fingerprint density at radius 1 is 1.00 bits per heavy atom. The van der Waals surface area contributed by atoms with Crippen molar-refractivity contribution < 1.29 is 0 Å². The van der Waals surface area contributed by atoms with Crippen LogP contribution >= 0.6 is 0 Å². The van der Waals surface area contributed by atoms with Crippen molar-refractivity contribution in [1.82, 2.24) is 20.4 Å². The molecular weight excluding hydrogens is 176 g/mol. The van der Waals surface area contributed by atoms with Gasteiger partial charge in [-0.05, 0) is 13.3 Å². The summed E-state index contributed by atoms with van der Waals surface area (Å²) in [5.41, 5.74) is 0.122. The molecule has 3 aliphatic rings. The summed E-state index contributed by atoms with van der Waals surface area (Å²) in [6.45, 7) is 9.51. The lowest BCUT2D eigenvalue weighted by Gasteiger charge is -2.58. The molecule has 3 fully saturated rings. The van der Waals surface area contributed by atoms with Gasteiger partial charge in [-0.1, -0.05) is 0 Å². The van der Waals surface area contributed by atoms with Crippen molar-refractivity contribution in [3.63, 3.8) is 0 Å². The molecule has 3 heterocycles. The zero-order chi connectivity index (χ0) is 9.60. The van der Waals surface area contributed by atoms with E-state index in [9.17, 15) is 0 Å². The van der Waals surface area contributed by atoms with Crippen LogP contribution in [-0.4, -0.2) is 60.9 Å². The molecule has 0 saturated carbocycles. The van der Waals surface area contributed by atoms with Crippen LogP contribution in [0, 0.1) is 0 Å². The molecular formula is C10H20N4. The van der Waals surface area contributed by atoms with Gasteiger partial charge in [0.25, 0.3) is 0 Å². The van der Waals surface area contributed by atoms with Crippen LogP contribution in [0.5, 0.6) is 0 Å². The third-order valence-electron chi connectivity index (χ3n) is 3.88. The van der Waals surface area contributed by atoms with E-state index in [4.69, 9.17) is 0 Å². The average molecular weight is 196 g/mol. The van der Waals surface area contributed by atoms with Crippen LogP contribution in [-0.2, 0) is 0 Å². The largest absolute Gasteiger partial charge is 0.296 e. The fourth-order valence-corrected chi connectivity index (χ4v) is 3.31. The maximum atomic E-state index is 3.63. The number of hydrogen-bond acceptors (Lipinski definition) is 4. The summed E-state index contributed by atoms with van der Waals surface area (Å²) >= 11 is 0. The van der Waals surface area contributed by atoms with Crippen molar-refractivity contribution in [2.24, 2.45) is 0 Å². The Hall–Kier alpha value is -0.160. The van der Waals surface area contributed by atoms with Gasteiger partial charge in [0.1, 0.15) is 0 Å². The Balaban J connectivity index is 1.90. The highest BCUT2D eigenvalue weighted by molar-refractivity contribution is 5.02. The highest BCUT2D eigenvalue weighted by Gasteiger charge is 2.47. The van der Waals surface area contributed by atoms with E-state index in [-0.39, 0.29) is 5.66 Å². The maximum absolute atomic E-state index is 3.63. The standard InChI is InChI=1S/C10H20N4/c1-10-9-13(7-3-11-10)5-2-6-14(9)8-4-12-10/h9,11-12H,2-8H2,1H3. The van der Waals surface area contributed by atoms with E-state index in [1.54, 1.807) is 0 Å². The van der Waals surface area contributed by atoms with Gasteiger partial charge in [-0.2, -0.15) is 0 Å². The van der Waals surface area contributed by atoms with Crippen LogP contribution < -0.4 is 10.6 Å². The normalized spacial score (nSPS) is 44.8. The quantitative estimate of drug-likeness (QED) is 0.533. The van der Waals surface area contributed by atoms with Crippen LogP contribution in [0.2, 0.25) is 0 Å². The van der Waals surface area contributed by atoms with E-state index >= 15 is 0 Å². The first-order valence-corrected chi connectivity index (χ1v) is 5.78. The van der Waals surface area contributed by atoms with Crippen LogP contribution in [0.4, 0.5) is 0 Å². The lowest BCUT2D eigenvalue weighted by atomic mass is 9.97. The number of hydrogen-bond donors (Lipinski definition) is 2. The van der Waals surface area contributed by atoms with E-state index < -0.39 is 0 Å². The molecule has 0 radical (unpaired) electrons. The lowest BCUT2D eigenvalue weighted by Crippen LogP contribution is -2.80. The SMILES string of the molecule is CC12NCCN3CCCN(CCN1)C32. The monoisotopic (exact) mass is 196 g/mol. The van der Waals surface area contributed by atoms with E-state index in [0.717, 1.165) is 13.1 Å². The summed E-state index contributed by atoms with van der Waals surface area (Å²) in [5, 5.41) is 7.26. The zero-order valence-corrected chi connectivity index (χ0v) is 8.92. The molecule has 0 aliphatic carbocycles. The molecule has 0 amide bonds. The van der Waals surface area contributed by atoms with Gasteiger partial charge in [-0.25, -0.2) is 0 Å². The predicted octanol–water partition coefficient (Wildman–Crippen LogP) is -0.757. The maximum Gasteiger partial charge on any atom is 0.0956 e. The molecule has 14 heavy (non-hydrogen) atoms. The summed E-state index contributed by atoms with van der Waals surface area (Å²) < 4.78 is 0. The topological polar surface area (TPSA) is 30.5 Å². The molecule has 0 spiro atoms. The lowest BCUT2D eigenvalue weighted by molar-refractivity contribution is -0.104. The fourth-order valence-electron chi connectivity index (χ4n) is 3.31. The smallest absolute Gasteiger partial charge is 0.0956 e. The Morgan fingerprint density at radius 2 is 1.57 bits per heavy atom. The van der Waals surface area contributed by atoms with Crippen molar-refractivity contribution >= 4 is 0 Å². The molecule has 0 aromatic rings. The minimum atomic E-state index is 0.122. The zero-order valence-electron chi connectivity index (χ0n) is 8.92. The molecule has 80 valence electrons. The summed E-state index contributed by atoms with van der Waals surface area (Å²) in [5.74, 6) is 0. The average Bonchev–Trinajstić information content (AvgIpc) is 2.18. The molecule has 3 saturated heterocycles. The first-order valence-electron chi connectivity index (χ1n) is 5.78. The minimum absolute atomic E-state index is 0.122. The number of rotatable bonds is 0. The van der Waals surface area contributed by atoms with E-state index in [0.29, 0.717) is 6.17 Å². The first-order chi connectivity index (χ1) is 6.80. The third-order valence-corrected chi connectivity index (χ3v) is 3.88. The van der Waals surface area contributed by atoms with Gasteiger partial charge in [0.05, 0.1) is 11.8 Å². The highest BCUT2D eigenvalue weighted by Crippen LogP contribution is 2.27. The van der Waals surface area contributed by atoms with Crippen LogP contribution in [0.1, 0.15) is 13.3 Å². The van der Waals surface area contributed by atoms with Crippen molar-refractivity contribution in [2.75, 3.05) is 39.3 Å². The number of nitrogens with one attached hydrogen (secondary N) is 2. The van der Waals surface area contributed by atoms with Gasteiger partial charge in [0.2, 0.25) is 0 Å². The summed E-state index contributed by atoms with van der Waals surface area (Å²) in [6.07, 6.45) is 1.92. The van der Waals surface area contributed by atoms with Gasteiger partial charge in [0, 0.05) is 39.3 Å². The molecule has 0 aromatic carbocycles. The Kier molecular flexibility index (Phi) is 2.06. The Labute approximate surface area is 85.6 Å². The summed E-state index contributed by atoms with van der Waals surface area (Å²) in [6, 6.07) is 0. The van der Waals surface area contributed by atoms with Crippen LogP contribution in [0.3, 0.4) is 0 Å². The fraction of sp³-hybridized carbons (Fsp3) is 1.00. The summed E-state index contributed by atoms with van der Waals surface area (Å²) in [7, 11) is 0. The van der Waals surface area contributed by atoms with Gasteiger partial charge in [-0.15, -0.1) is 0 Å². The van der Waals surface area contributed by atoms with Crippen LogP contribution in [0.25, 0.3) is 0 Å². The van der Waals surface area contributed by atoms with Gasteiger partial charge < -0.3 is 0 Å². The molecule has 4 heteroatoms. The second-order valence-corrected chi connectivity index (χ2v) is 4.86. The van der Waals surface area contributed by atoms with Gasteiger partial charge in [-0.3, -0.25) is 20.4 Å². The van der Waals surface area contributed by atoms with E-state index in [2.05, 4.69) is 27.4 Å². The van der Waals surface area contributed by atoms with E-state index in [1.165, 1.54) is 32.6 Å². The van der Waals surface area contributed by atoms with Gasteiger partial charge >= 0.3 is 0 Å². The van der Waals surface area contributed by atoms with Gasteiger partial charge in [0.15, 0.2) is 0 Å². The summed E-state index contributed by atoms with van der Waals surface area (Å²) in [4.78, 5) is 5.26. The van der Waals surface area contributed by atoms with Crippen molar-refractivity contribution in [1.29, 1.82) is 0 Å². The Bertz CT molecular complexity index is 208. The van der Waals surface area contributed by atoms with Crippen molar-refractivity contribution in [3.05, 3.63) is 0 Å². The van der Waals surface area contributed by atoms with Crippen molar-refractivity contribution in [2.45, 2.75) is 25.2 Å². The van der Waals surface area contributed by atoms with Crippen molar-refractivity contribution in [3.8, 4) is 0 Å². The molecule has 0 aromatic heterocycles. The van der Waals surface area contributed by atoms with E-state index in [1.807, 2.05) is 0 Å². The molecule has 0 bridgehead atoms. The second-order valence-electron chi connectivity index (χ2n) is 4.86. The minimum Gasteiger partial charge on any atom is -0.296 e. The molecule has 0 atom stereocenters. The second kappa shape index (κ2) is 3.17. The highest BCUT2D eigenvalue weighted by atomic mass is 15.5. The Morgan fingerprint density at radius 3 is 2.14 bits per heavy atom. The third kappa shape index (κ3) is 1.21. The van der Waals surface area contributed by atoms with Crippen LogP contribution in [0.15, 0.2) is 0 Å². The first kappa shape index (κ1) is 9.09. The molecule has 3 aliphatic heterocycles. The molecule has 0 unspecified atom stereocenters.